The summed E-state index contributed by atoms with van der Waals surface area (Å²) in [5, 5.41) is 3.36. The summed E-state index contributed by atoms with van der Waals surface area (Å²) in [6.07, 6.45) is 0.959. The number of fused-ring (bicyclic) bond motifs is 2. The van der Waals surface area contributed by atoms with Gasteiger partial charge in [-0.1, -0.05) is 31.7 Å². The predicted molar refractivity (Wildman–Crippen MR) is 112 cm³/mol. The number of nitrogens with one attached hydrogen (secondary N) is 1. The van der Waals surface area contributed by atoms with Gasteiger partial charge in [-0.25, -0.2) is 0 Å². The number of ketones is 2. The Labute approximate surface area is 161 Å². The third kappa shape index (κ3) is 3.88. The van der Waals surface area contributed by atoms with E-state index in [1.807, 2.05) is 13.0 Å². The molecule has 2 aromatic rings. The molecule has 0 bridgehead atoms. The summed E-state index contributed by atoms with van der Waals surface area (Å²) < 4.78 is 0.880. The molecule has 0 saturated carbocycles. The quantitative estimate of drug-likeness (QED) is 0.411. The first kappa shape index (κ1) is 20.6. The molecule has 0 fully saturated rings. The van der Waals surface area contributed by atoms with Gasteiger partial charge >= 0.3 is 0 Å². The van der Waals surface area contributed by atoms with Crippen LogP contribution in [0.2, 0.25) is 0 Å². The lowest BCUT2D eigenvalue weighted by Crippen LogP contribution is -2.36. The van der Waals surface area contributed by atoms with Crippen LogP contribution in [-0.4, -0.2) is 50.3 Å². The van der Waals surface area contributed by atoms with E-state index in [2.05, 4.69) is 26.5 Å². The van der Waals surface area contributed by atoms with Crippen molar-refractivity contribution in [2.45, 2.75) is 20.8 Å². The average molecular weight is 369 g/mol. The number of hydrogen-bond donors (Lipinski definition) is 2. The van der Waals surface area contributed by atoms with Crippen molar-refractivity contribution in [3.8, 4) is 0 Å². The van der Waals surface area contributed by atoms with E-state index in [0.29, 0.717) is 33.6 Å². The van der Waals surface area contributed by atoms with Crippen LogP contribution in [0.5, 0.6) is 0 Å². The van der Waals surface area contributed by atoms with Crippen LogP contribution in [0.15, 0.2) is 30.3 Å². The third-order valence-electron chi connectivity index (χ3n) is 4.77. The van der Waals surface area contributed by atoms with Gasteiger partial charge in [-0.3, -0.25) is 9.59 Å². The molecule has 5 nitrogen and oxygen atoms in total. The molecule has 1 aliphatic carbocycles. The highest BCUT2D eigenvalue weighted by molar-refractivity contribution is 6.32. The van der Waals surface area contributed by atoms with Crippen LogP contribution < -0.4 is 11.1 Å². The van der Waals surface area contributed by atoms with Crippen molar-refractivity contribution in [3.63, 3.8) is 0 Å². The monoisotopic (exact) mass is 368 g/mol. The van der Waals surface area contributed by atoms with Gasteiger partial charge in [0, 0.05) is 35.5 Å². The molecular weight excluding hydrogens is 338 g/mol. The topological polar surface area (TPSA) is 72.2 Å². The molecule has 0 radical (unpaired) electrons. The predicted octanol–water partition coefficient (Wildman–Crippen LogP) is 3.50. The van der Waals surface area contributed by atoms with Crippen molar-refractivity contribution in [1.82, 2.24) is 0 Å². The zero-order chi connectivity index (χ0) is 19.1. The van der Waals surface area contributed by atoms with Crippen LogP contribution in [0.1, 0.15) is 51.3 Å². The minimum Gasteiger partial charge on any atom is -0.398 e. The molecule has 0 heterocycles. The second kappa shape index (κ2) is 7.53. The number of quaternary nitrogens is 1. The SMILES string of the molecule is C.Cc1cc(NCCC[N+](C)(C)C)c2c(c1N)C(=O)c1ccccc1C2=O. The van der Waals surface area contributed by atoms with Crippen molar-refractivity contribution in [1.29, 1.82) is 0 Å². The van der Waals surface area contributed by atoms with Crippen molar-refractivity contribution in [2.24, 2.45) is 0 Å². The van der Waals surface area contributed by atoms with Gasteiger partial charge < -0.3 is 15.5 Å². The summed E-state index contributed by atoms with van der Waals surface area (Å²) in [7, 11) is 6.44. The van der Waals surface area contributed by atoms with Gasteiger partial charge in [0.25, 0.3) is 0 Å². The Morgan fingerprint density at radius 2 is 1.56 bits per heavy atom. The van der Waals surface area contributed by atoms with E-state index in [-0.39, 0.29) is 19.0 Å². The first-order valence-corrected chi connectivity index (χ1v) is 8.86. The van der Waals surface area contributed by atoms with E-state index in [0.717, 1.165) is 29.6 Å². The van der Waals surface area contributed by atoms with Crippen LogP contribution in [0.4, 0.5) is 11.4 Å². The normalized spacial score (nSPS) is 12.9. The zero-order valence-electron chi connectivity index (χ0n) is 15.8. The first-order chi connectivity index (χ1) is 12.2. The highest BCUT2D eigenvalue weighted by Gasteiger charge is 2.33. The number of benzene rings is 2. The Bertz CT molecular complexity index is 895. The van der Waals surface area contributed by atoms with E-state index in [1.54, 1.807) is 24.3 Å². The summed E-state index contributed by atoms with van der Waals surface area (Å²) in [4.78, 5) is 26.1. The van der Waals surface area contributed by atoms with Gasteiger partial charge in [0.1, 0.15) is 0 Å². The number of hydrogen-bond acceptors (Lipinski definition) is 4. The summed E-state index contributed by atoms with van der Waals surface area (Å²) in [6.45, 7) is 3.61. The largest absolute Gasteiger partial charge is 0.398 e. The fourth-order valence-electron chi connectivity index (χ4n) is 3.37. The molecule has 1 aliphatic rings. The minimum atomic E-state index is -0.175. The van der Waals surface area contributed by atoms with Gasteiger partial charge in [0.2, 0.25) is 0 Å². The zero-order valence-corrected chi connectivity index (χ0v) is 15.8. The van der Waals surface area contributed by atoms with Crippen LogP contribution in [-0.2, 0) is 0 Å². The number of rotatable bonds is 5. The van der Waals surface area contributed by atoms with Gasteiger partial charge in [0.15, 0.2) is 11.6 Å². The van der Waals surface area contributed by atoms with Crippen LogP contribution in [0.25, 0.3) is 0 Å². The molecule has 0 aliphatic heterocycles. The van der Waals surface area contributed by atoms with Gasteiger partial charge in [-0.05, 0) is 18.6 Å². The fraction of sp³-hybridized carbons (Fsp3) is 0.364. The van der Waals surface area contributed by atoms with Crippen molar-refractivity contribution >= 4 is 22.9 Å². The number of nitrogens with two attached hydrogens (primary N) is 1. The maximum atomic E-state index is 13.1. The standard InChI is InChI=1S/C21H25N3O2.CH4/c1-13-12-16(23-10-7-11-24(2,3)4)17-18(19(13)22)21(26)15-9-6-5-8-14(15)20(17)25;/h5-6,8-9,12H,7,10-11H2,1-4H3,(H2-,22,23,25,26);1H4/p+1. The summed E-state index contributed by atoms with van der Waals surface area (Å²) in [5.74, 6) is -0.318. The molecule has 3 rings (SSSR count). The maximum Gasteiger partial charge on any atom is 0.196 e. The summed E-state index contributed by atoms with van der Waals surface area (Å²) >= 11 is 0. The maximum absolute atomic E-state index is 13.1. The molecule has 0 amide bonds. The molecule has 5 heteroatoms. The number of nitrogen functional groups attached to an aromatic ring is 1. The third-order valence-corrected chi connectivity index (χ3v) is 4.77. The highest BCUT2D eigenvalue weighted by Crippen LogP contribution is 2.37. The van der Waals surface area contributed by atoms with Crippen LogP contribution in [0, 0.1) is 6.92 Å². The van der Waals surface area contributed by atoms with E-state index in [9.17, 15) is 9.59 Å². The molecule has 27 heavy (non-hydrogen) atoms. The number of anilines is 2. The molecule has 0 saturated heterocycles. The Morgan fingerprint density at radius 1 is 1.00 bits per heavy atom. The average Bonchev–Trinajstić information content (AvgIpc) is 2.58. The molecule has 3 N–H and O–H groups in total. The smallest absolute Gasteiger partial charge is 0.196 e. The lowest BCUT2D eigenvalue weighted by atomic mass is 9.81. The minimum absolute atomic E-state index is 0. The Morgan fingerprint density at radius 3 is 2.11 bits per heavy atom. The van der Waals surface area contributed by atoms with Crippen molar-refractivity contribution < 1.29 is 14.1 Å². The van der Waals surface area contributed by atoms with Crippen molar-refractivity contribution in [3.05, 3.63) is 58.1 Å². The highest BCUT2D eigenvalue weighted by atomic mass is 16.1. The molecule has 0 spiro atoms. The van der Waals surface area contributed by atoms with E-state index in [1.165, 1.54) is 0 Å². The van der Waals surface area contributed by atoms with E-state index >= 15 is 0 Å². The molecule has 0 aromatic heterocycles. The number of carbonyl (C=O) groups excluding carboxylic acids is 2. The molecular formula is C22H30N3O2+. The number of nitrogens with zero attached hydrogens (tertiary/aromatic N) is 1. The van der Waals surface area contributed by atoms with Crippen LogP contribution >= 0.6 is 0 Å². The van der Waals surface area contributed by atoms with E-state index < -0.39 is 0 Å². The second-order valence-electron chi connectivity index (χ2n) is 7.90. The lowest BCUT2D eigenvalue weighted by molar-refractivity contribution is -0.870. The lowest BCUT2D eigenvalue weighted by Gasteiger charge is -2.25. The summed E-state index contributed by atoms with van der Waals surface area (Å²) in [5.41, 5.74) is 9.70. The van der Waals surface area contributed by atoms with Crippen molar-refractivity contribution in [2.75, 3.05) is 45.3 Å². The number of carbonyl (C=O) groups is 2. The van der Waals surface area contributed by atoms with Gasteiger partial charge in [0.05, 0.1) is 38.8 Å². The second-order valence-corrected chi connectivity index (χ2v) is 7.90. The number of aryl methyl sites for hydroxylation is 1. The fourth-order valence-corrected chi connectivity index (χ4v) is 3.37. The van der Waals surface area contributed by atoms with Gasteiger partial charge in [-0.15, -0.1) is 0 Å². The Kier molecular flexibility index (Phi) is 5.76. The first-order valence-electron chi connectivity index (χ1n) is 8.86. The van der Waals surface area contributed by atoms with E-state index in [4.69, 9.17) is 5.73 Å². The summed E-state index contributed by atoms with van der Waals surface area (Å²) in [6, 6.07) is 8.81. The molecule has 0 atom stereocenters. The van der Waals surface area contributed by atoms with Gasteiger partial charge in [-0.2, -0.15) is 0 Å². The molecule has 0 unspecified atom stereocenters. The molecule has 2 aromatic carbocycles. The Hall–Kier alpha value is -2.66. The Balaban J connectivity index is 0.00000261. The molecule has 144 valence electrons. The van der Waals surface area contributed by atoms with Crippen LogP contribution in [0.3, 0.4) is 0 Å².